The molecule has 6 nitrogen and oxygen atoms in total. The Kier molecular flexibility index (Phi) is 5.12. The standard InChI is InChI=1S/C15H14F3N3O3S/c1-9-7-12(14(22)24-3)13(21-20-9)25(23,19-2)11-6-4-5-10(8-11)15(16,17)18/h4-8H,1-3H3/t25-/m0/s1. The molecule has 0 unspecified atom stereocenters. The van der Waals surface area contributed by atoms with Crippen LogP contribution in [-0.2, 0) is 20.6 Å². The second-order valence-corrected chi connectivity index (χ2v) is 7.21. The van der Waals surface area contributed by atoms with Crippen LogP contribution in [0.25, 0.3) is 0 Å². The van der Waals surface area contributed by atoms with E-state index in [-0.39, 0.29) is 15.5 Å². The number of rotatable bonds is 3. The van der Waals surface area contributed by atoms with Crippen molar-refractivity contribution in [1.82, 2.24) is 10.2 Å². The summed E-state index contributed by atoms with van der Waals surface area (Å²) in [6.07, 6.45) is -4.62. The van der Waals surface area contributed by atoms with Crippen molar-refractivity contribution in [3.8, 4) is 0 Å². The Hall–Kier alpha value is -2.49. The molecule has 0 amide bonds. The maximum Gasteiger partial charge on any atom is 0.416 e. The van der Waals surface area contributed by atoms with Gasteiger partial charge in [0.2, 0.25) is 0 Å². The Balaban J connectivity index is 2.76. The van der Waals surface area contributed by atoms with Crippen LogP contribution in [0.1, 0.15) is 21.6 Å². The Morgan fingerprint density at radius 2 is 1.92 bits per heavy atom. The van der Waals surface area contributed by atoms with Crippen LogP contribution in [0.15, 0.2) is 44.6 Å². The number of alkyl halides is 3. The number of hydrogen-bond donors (Lipinski definition) is 0. The topological polar surface area (TPSA) is 81.5 Å². The first-order valence-electron chi connectivity index (χ1n) is 6.88. The van der Waals surface area contributed by atoms with Crippen LogP contribution in [0.5, 0.6) is 0 Å². The lowest BCUT2D eigenvalue weighted by molar-refractivity contribution is -0.137. The molecule has 25 heavy (non-hydrogen) atoms. The van der Waals surface area contributed by atoms with Crippen LogP contribution in [0.4, 0.5) is 13.2 Å². The van der Waals surface area contributed by atoms with Crippen LogP contribution in [-0.4, -0.2) is 34.5 Å². The highest BCUT2D eigenvalue weighted by atomic mass is 32.2. The smallest absolute Gasteiger partial charge is 0.416 e. The molecule has 0 fully saturated rings. The Morgan fingerprint density at radius 3 is 2.48 bits per heavy atom. The lowest BCUT2D eigenvalue weighted by Gasteiger charge is -2.14. The monoisotopic (exact) mass is 373 g/mol. The number of aryl methyl sites for hydroxylation is 1. The van der Waals surface area contributed by atoms with Gasteiger partial charge < -0.3 is 4.74 Å². The van der Waals surface area contributed by atoms with Crippen molar-refractivity contribution in [2.45, 2.75) is 23.0 Å². The second-order valence-electron chi connectivity index (χ2n) is 4.93. The maximum atomic E-state index is 13.3. The number of hydrogen-bond acceptors (Lipinski definition) is 6. The fourth-order valence-corrected chi connectivity index (χ4v) is 3.83. The molecular formula is C15H14F3N3O3S. The van der Waals surface area contributed by atoms with Gasteiger partial charge in [0.15, 0.2) is 5.03 Å². The third kappa shape index (κ3) is 3.63. The van der Waals surface area contributed by atoms with Gasteiger partial charge >= 0.3 is 12.1 Å². The number of aromatic nitrogens is 2. The zero-order valence-corrected chi connectivity index (χ0v) is 14.3. The summed E-state index contributed by atoms with van der Waals surface area (Å²) < 4.78 is 60.6. The van der Waals surface area contributed by atoms with Gasteiger partial charge in [0.1, 0.15) is 9.73 Å². The number of methoxy groups -OCH3 is 1. The normalized spacial score (nSPS) is 13.8. The van der Waals surface area contributed by atoms with Gasteiger partial charge in [-0.2, -0.15) is 18.3 Å². The molecule has 1 heterocycles. The van der Waals surface area contributed by atoms with Crippen LogP contribution < -0.4 is 0 Å². The fraction of sp³-hybridized carbons (Fsp3) is 0.267. The average molecular weight is 373 g/mol. The number of halogens is 3. The van der Waals surface area contributed by atoms with E-state index in [1.165, 1.54) is 19.2 Å². The van der Waals surface area contributed by atoms with E-state index in [4.69, 9.17) is 0 Å². The first-order chi connectivity index (χ1) is 11.6. The van der Waals surface area contributed by atoms with E-state index >= 15 is 0 Å². The highest BCUT2D eigenvalue weighted by Gasteiger charge is 2.33. The molecule has 1 aromatic carbocycles. The minimum atomic E-state index is -4.62. The maximum absolute atomic E-state index is 13.3. The number of carbonyl (C=O) groups is 1. The molecule has 2 rings (SSSR count). The van der Waals surface area contributed by atoms with Crippen molar-refractivity contribution in [2.75, 3.05) is 14.2 Å². The zero-order chi connectivity index (χ0) is 18.8. The SMILES string of the molecule is CN=[S@](=O)(c1cccc(C(F)(F)F)c1)c1nnc(C)cc1C(=O)OC. The predicted octanol–water partition coefficient (Wildman–Crippen LogP) is 3.11. The molecule has 0 saturated heterocycles. The summed E-state index contributed by atoms with van der Waals surface area (Å²) in [5.74, 6) is -0.837. The van der Waals surface area contributed by atoms with E-state index in [0.29, 0.717) is 5.69 Å². The largest absolute Gasteiger partial charge is 0.465 e. The third-order valence-electron chi connectivity index (χ3n) is 3.29. The molecule has 0 bridgehead atoms. The van der Waals surface area contributed by atoms with E-state index in [1.807, 2.05) is 0 Å². The van der Waals surface area contributed by atoms with E-state index in [9.17, 15) is 22.2 Å². The van der Waals surface area contributed by atoms with Crippen LogP contribution in [0.3, 0.4) is 0 Å². The Bertz CT molecular complexity index is 935. The van der Waals surface area contributed by atoms with E-state index in [1.54, 1.807) is 6.92 Å². The molecule has 0 radical (unpaired) electrons. The van der Waals surface area contributed by atoms with Gasteiger partial charge in [0, 0.05) is 7.05 Å². The van der Waals surface area contributed by atoms with Crippen molar-refractivity contribution in [3.05, 3.63) is 47.2 Å². The molecule has 0 aliphatic rings. The van der Waals surface area contributed by atoms with Crippen molar-refractivity contribution in [3.63, 3.8) is 0 Å². The molecule has 2 aromatic rings. The molecule has 10 heteroatoms. The van der Waals surface area contributed by atoms with Gasteiger partial charge in [-0.25, -0.2) is 13.4 Å². The lowest BCUT2D eigenvalue weighted by Crippen LogP contribution is -2.15. The minimum Gasteiger partial charge on any atom is -0.465 e. The number of carbonyl (C=O) groups excluding carboxylic acids is 1. The Labute approximate surface area is 142 Å². The molecule has 134 valence electrons. The first-order valence-corrected chi connectivity index (χ1v) is 8.40. The third-order valence-corrected chi connectivity index (χ3v) is 5.52. The van der Waals surface area contributed by atoms with Crippen molar-refractivity contribution >= 4 is 15.7 Å². The van der Waals surface area contributed by atoms with Gasteiger partial charge in [0.25, 0.3) is 0 Å². The molecule has 1 atom stereocenters. The zero-order valence-electron chi connectivity index (χ0n) is 13.5. The van der Waals surface area contributed by atoms with Gasteiger partial charge in [-0.05, 0) is 31.2 Å². The van der Waals surface area contributed by atoms with Gasteiger partial charge in [-0.1, -0.05) is 6.07 Å². The first kappa shape index (κ1) is 18.8. The summed E-state index contributed by atoms with van der Waals surface area (Å²) in [7, 11) is -1.33. The summed E-state index contributed by atoms with van der Waals surface area (Å²) in [6.45, 7) is 1.55. The minimum absolute atomic E-state index is 0.164. The molecule has 0 aliphatic carbocycles. The van der Waals surface area contributed by atoms with Crippen molar-refractivity contribution in [2.24, 2.45) is 4.36 Å². The van der Waals surface area contributed by atoms with Crippen LogP contribution >= 0.6 is 0 Å². The van der Waals surface area contributed by atoms with Crippen molar-refractivity contribution in [1.29, 1.82) is 0 Å². The van der Waals surface area contributed by atoms with Gasteiger partial charge in [-0.15, -0.1) is 5.10 Å². The van der Waals surface area contributed by atoms with Gasteiger partial charge in [0.05, 0.1) is 28.8 Å². The predicted molar refractivity (Wildman–Crippen MR) is 82.6 cm³/mol. The molecule has 1 aromatic heterocycles. The molecular weight excluding hydrogens is 359 g/mol. The summed E-state index contributed by atoms with van der Waals surface area (Å²) in [5, 5.41) is 7.16. The quantitative estimate of drug-likeness (QED) is 0.772. The van der Waals surface area contributed by atoms with Gasteiger partial charge in [-0.3, -0.25) is 0 Å². The van der Waals surface area contributed by atoms with Crippen LogP contribution in [0.2, 0.25) is 0 Å². The highest BCUT2D eigenvalue weighted by Crippen LogP contribution is 2.33. The van der Waals surface area contributed by atoms with E-state index < -0.39 is 27.4 Å². The molecule has 0 N–H and O–H groups in total. The molecule has 0 saturated carbocycles. The van der Waals surface area contributed by atoms with Crippen LogP contribution in [0, 0.1) is 6.92 Å². The number of benzene rings is 1. The number of ether oxygens (including phenoxy) is 1. The molecule has 0 aliphatic heterocycles. The second kappa shape index (κ2) is 6.79. The average Bonchev–Trinajstić information content (AvgIpc) is 2.59. The number of esters is 1. The molecule has 0 spiro atoms. The van der Waals surface area contributed by atoms with Crippen molar-refractivity contribution < 1.29 is 26.9 Å². The highest BCUT2D eigenvalue weighted by molar-refractivity contribution is 7.93. The summed E-state index contributed by atoms with van der Waals surface area (Å²) in [5.41, 5.74) is -0.796. The summed E-state index contributed by atoms with van der Waals surface area (Å²) in [6, 6.07) is 5.21. The summed E-state index contributed by atoms with van der Waals surface area (Å²) >= 11 is 0. The van der Waals surface area contributed by atoms with E-state index in [0.717, 1.165) is 25.3 Å². The lowest BCUT2D eigenvalue weighted by atomic mass is 10.2. The van der Waals surface area contributed by atoms with E-state index in [2.05, 4.69) is 19.3 Å². The number of nitrogens with zero attached hydrogens (tertiary/aromatic N) is 3. The summed E-state index contributed by atoms with van der Waals surface area (Å²) in [4.78, 5) is 11.7. The Morgan fingerprint density at radius 1 is 1.24 bits per heavy atom. The fourth-order valence-electron chi connectivity index (χ4n) is 2.09.